The van der Waals surface area contributed by atoms with Crippen molar-refractivity contribution in [3.8, 4) is 11.5 Å². The Kier molecular flexibility index (Phi) is 3.49. The van der Waals surface area contributed by atoms with E-state index in [1.807, 2.05) is 60.7 Å². The first-order chi connectivity index (χ1) is 11.4. The predicted molar refractivity (Wildman–Crippen MR) is 94.8 cm³/mol. The summed E-state index contributed by atoms with van der Waals surface area (Å²) in [7, 11) is 0. The molecule has 2 heteroatoms. The Bertz CT molecular complexity index is 934. The normalized spacial score (nSPS) is 11.3. The zero-order valence-electron chi connectivity index (χ0n) is 12.5. The summed E-state index contributed by atoms with van der Waals surface area (Å²) in [6.07, 6.45) is 4.20. The molecule has 1 heterocycles. The molecule has 0 amide bonds. The zero-order valence-corrected chi connectivity index (χ0v) is 12.5. The largest absolute Gasteiger partial charge is 0.436 e. The van der Waals surface area contributed by atoms with E-state index in [0.717, 1.165) is 22.2 Å². The lowest BCUT2D eigenvalue weighted by molar-refractivity contribution is 0.619. The van der Waals surface area contributed by atoms with Crippen LogP contribution in [0.1, 0.15) is 11.1 Å². The summed E-state index contributed by atoms with van der Waals surface area (Å²) in [4.78, 5) is 4.60. The standard InChI is InChI=1S/C21H15NO/c1-2-8-16(9-3-1)14-15-17-10-4-5-11-18(17)21-22-19-12-6-7-13-20(19)23-21/h1-15H/b15-14-. The molecule has 2 nitrogen and oxygen atoms in total. The summed E-state index contributed by atoms with van der Waals surface area (Å²) in [6.45, 7) is 0. The summed E-state index contributed by atoms with van der Waals surface area (Å²) < 4.78 is 5.90. The van der Waals surface area contributed by atoms with E-state index in [1.165, 1.54) is 5.56 Å². The summed E-state index contributed by atoms with van der Waals surface area (Å²) in [5, 5.41) is 0. The van der Waals surface area contributed by atoms with E-state index in [9.17, 15) is 0 Å². The molecule has 3 aromatic carbocycles. The first kappa shape index (κ1) is 13.5. The van der Waals surface area contributed by atoms with Gasteiger partial charge < -0.3 is 4.42 Å². The number of aromatic nitrogens is 1. The van der Waals surface area contributed by atoms with Crippen LogP contribution in [0.5, 0.6) is 0 Å². The first-order valence-corrected chi connectivity index (χ1v) is 7.58. The molecule has 0 fully saturated rings. The minimum absolute atomic E-state index is 0.652. The van der Waals surface area contributed by atoms with Gasteiger partial charge in [-0.25, -0.2) is 4.98 Å². The second-order valence-corrected chi connectivity index (χ2v) is 5.32. The summed E-state index contributed by atoms with van der Waals surface area (Å²) in [5.41, 5.74) is 4.94. The fourth-order valence-corrected chi connectivity index (χ4v) is 2.57. The van der Waals surface area contributed by atoms with Crippen molar-refractivity contribution in [2.75, 3.05) is 0 Å². The van der Waals surface area contributed by atoms with Crippen LogP contribution >= 0.6 is 0 Å². The van der Waals surface area contributed by atoms with Crippen molar-refractivity contribution in [3.63, 3.8) is 0 Å². The van der Waals surface area contributed by atoms with Crippen molar-refractivity contribution in [1.29, 1.82) is 0 Å². The van der Waals surface area contributed by atoms with Gasteiger partial charge >= 0.3 is 0 Å². The molecule has 0 unspecified atom stereocenters. The van der Waals surface area contributed by atoms with E-state index in [2.05, 4.69) is 35.3 Å². The van der Waals surface area contributed by atoms with Crippen LogP contribution in [-0.4, -0.2) is 4.98 Å². The van der Waals surface area contributed by atoms with Crippen LogP contribution in [0.2, 0.25) is 0 Å². The van der Waals surface area contributed by atoms with E-state index in [0.29, 0.717) is 5.89 Å². The first-order valence-electron chi connectivity index (χ1n) is 7.58. The highest BCUT2D eigenvalue weighted by Gasteiger charge is 2.10. The molecule has 4 rings (SSSR count). The van der Waals surface area contributed by atoms with Crippen molar-refractivity contribution in [2.24, 2.45) is 0 Å². The van der Waals surface area contributed by atoms with Gasteiger partial charge in [-0.1, -0.05) is 72.8 Å². The zero-order chi connectivity index (χ0) is 15.5. The van der Waals surface area contributed by atoms with Crippen LogP contribution in [0, 0.1) is 0 Å². The Labute approximate surface area is 134 Å². The Morgan fingerprint density at radius 1 is 0.696 bits per heavy atom. The van der Waals surface area contributed by atoms with Crippen LogP contribution in [0.3, 0.4) is 0 Å². The topological polar surface area (TPSA) is 26.0 Å². The maximum Gasteiger partial charge on any atom is 0.227 e. The number of para-hydroxylation sites is 2. The minimum atomic E-state index is 0.652. The highest BCUT2D eigenvalue weighted by Crippen LogP contribution is 2.28. The molecule has 0 saturated heterocycles. The van der Waals surface area contributed by atoms with E-state index < -0.39 is 0 Å². The third kappa shape index (κ3) is 2.79. The monoisotopic (exact) mass is 297 g/mol. The van der Waals surface area contributed by atoms with Gasteiger partial charge in [-0.2, -0.15) is 0 Å². The quantitative estimate of drug-likeness (QED) is 0.456. The Hall–Kier alpha value is -3.13. The molecule has 0 bridgehead atoms. The third-order valence-corrected chi connectivity index (χ3v) is 3.74. The Balaban J connectivity index is 1.76. The average Bonchev–Trinajstić information content (AvgIpc) is 3.05. The lowest BCUT2D eigenvalue weighted by Gasteiger charge is -2.01. The molecule has 23 heavy (non-hydrogen) atoms. The van der Waals surface area contributed by atoms with Gasteiger partial charge in [0.25, 0.3) is 0 Å². The lowest BCUT2D eigenvalue weighted by Crippen LogP contribution is -1.82. The smallest absolute Gasteiger partial charge is 0.227 e. The van der Waals surface area contributed by atoms with Crippen molar-refractivity contribution >= 4 is 23.3 Å². The number of hydrogen-bond donors (Lipinski definition) is 0. The van der Waals surface area contributed by atoms with Crippen LogP contribution < -0.4 is 0 Å². The molecule has 0 radical (unpaired) electrons. The van der Waals surface area contributed by atoms with E-state index in [-0.39, 0.29) is 0 Å². The molecule has 0 aliphatic heterocycles. The second kappa shape index (κ2) is 5.93. The molecule has 1 aromatic heterocycles. The second-order valence-electron chi connectivity index (χ2n) is 5.32. The molecular formula is C21H15NO. The van der Waals surface area contributed by atoms with Crippen molar-refractivity contribution < 1.29 is 4.42 Å². The Morgan fingerprint density at radius 2 is 1.43 bits per heavy atom. The molecule has 0 saturated carbocycles. The van der Waals surface area contributed by atoms with E-state index in [1.54, 1.807) is 0 Å². The average molecular weight is 297 g/mol. The van der Waals surface area contributed by atoms with Gasteiger partial charge in [0.05, 0.1) is 0 Å². The van der Waals surface area contributed by atoms with Gasteiger partial charge in [0.15, 0.2) is 5.58 Å². The van der Waals surface area contributed by atoms with E-state index in [4.69, 9.17) is 4.42 Å². The van der Waals surface area contributed by atoms with Gasteiger partial charge in [-0.05, 0) is 29.3 Å². The molecule has 110 valence electrons. The molecular weight excluding hydrogens is 282 g/mol. The molecule has 0 atom stereocenters. The number of oxazole rings is 1. The van der Waals surface area contributed by atoms with Gasteiger partial charge in [0, 0.05) is 5.56 Å². The number of hydrogen-bond acceptors (Lipinski definition) is 2. The number of nitrogens with zero attached hydrogens (tertiary/aromatic N) is 1. The van der Waals surface area contributed by atoms with Crippen LogP contribution in [0.4, 0.5) is 0 Å². The third-order valence-electron chi connectivity index (χ3n) is 3.74. The molecule has 0 spiro atoms. The highest BCUT2D eigenvalue weighted by atomic mass is 16.3. The minimum Gasteiger partial charge on any atom is -0.436 e. The molecule has 0 N–H and O–H groups in total. The lowest BCUT2D eigenvalue weighted by atomic mass is 10.1. The SMILES string of the molecule is C(=C/c1ccccc1-c1nc2ccccc2o1)/c1ccccc1. The van der Waals surface area contributed by atoms with Crippen LogP contribution in [0.15, 0.2) is 83.3 Å². The maximum atomic E-state index is 5.90. The fraction of sp³-hybridized carbons (Fsp3) is 0. The number of fused-ring (bicyclic) bond motifs is 1. The van der Waals surface area contributed by atoms with Crippen molar-refractivity contribution in [2.45, 2.75) is 0 Å². The molecule has 0 aliphatic carbocycles. The van der Waals surface area contributed by atoms with E-state index >= 15 is 0 Å². The maximum absolute atomic E-state index is 5.90. The van der Waals surface area contributed by atoms with Crippen LogP contribution in [0.25, 0.3) is 34.7 Å². The summed E-state index contributed by atoms with van der Waals surface area (Å²) in [6, 6.07) is 26.2. The highest BCUT2D eigenvalue weighted by molar-refractivity contribution is 5.81. The van der Waals surface area contributed by atoms with Crippen LogP contribution in [-0.2, 0) is 0 Å². The van der Waals surface area contributed by atoms with Gasteiger partial charge in [-0.3, -0.25) is 0 Å². The van der Waals surface area contributed by atoms with Gasteiger partial charge in [0.1, 0.15) is 5.52 Å². The van der Waals surface area contributed by atoms with Crippen molar-refractivity contribution in [1.82, 2.24) is 4.98 Å². The Morgan fingerprint density at radius 3 is 2.30 bits per heavy atom. The summed E-state index contributed by atoms with van der Waals surface area (Å²) >= 11 is 0. The van der Waals surface area contributed by atoms with Crippen molar-refractivity contribution in [3.05, 3.63) is 90.0 Å². The molecule has 0 aliphatic rings. The number of benzene rings is 3. The number of rotatable bonds is 3. The summed E-state index contributed by atoms with van der Waals surface area (Å²) in [5.74, 6) is 0.652. The predicted octanol–water partition coefficient (Wildman–Crippen LogP) is 5.67. The molecule has 4 aromatic rings. The van der Waals surface area contributed by atoms with Gasteiger partial charge in [0.2, 0.25) is 5.89 Å². The fourth-order valence-electron chi connectivity index (χ4n) is 2.57. The van der Waals surface area contributed by atoms with Gasteiger partial charge in [-0.15, -0.1) is 0 Å².